The fourth-order valence-electron chi connectivity index (χ4n) is 7.81. The van der Waals surface area contributed by atoms with E-state index in [1.165, 1.54) is 49.3 Å². The van der Waals surface area contributed by atoms with Gasteiger partial charge in [0, 0.05) is 47.2 Å². The van der Waals surface area contributed by atoms with Crippen molar-refractivity contribution in [1.29, 1.82) is 5.26 Å². The van der Waals surface area contributed by atoms with Gasteiger partial charge in [-0.3, -0.25) is 9.69 Å². The molecule has 304 valence electrons. The number of rotatable bonds is 14. The molecule has 3 aliphatic rings. The molecule has 2 heterocycles. The smallest absolute Gasteiger partial charge is 0.209 e. The predicted molar refractivity (Wildman–Crippen MR) is 228 cm³/mol. The average Bonchev–Trinajstić information content (AvgIpc) is 3.64. The molecule has 0 radical (unpaired) electrons. The minimum absolute atomic E-state index is 0.0185. The van der Waals surface area contributed by atoms with Gasteiger partial charge in [-0.25, -0.2) is 13.8 Å². The maximum Gasteiger partial charge on any atom is 0.209 e. The van der Waals surface area contributed by atoms with Gasteiger partial charge in [0.1, 0.15) is 30.0 Å². The van der Waals surface area contributed by atoms with Crippen LogP contribution in [0.2, 0.25) is 0 Å². The Bertz CT molecular complexity index is 1990. The molecule has 1 aromatic carbocycles. The zero-order chi connectivity index (χ0) is 41.6. The highest BCUT2D eigenvalue weighted by Crippen LogP contribution is 2.54. The van der Waals surface area contributed by atoms with E-state index in [-0.39, 0.29) is 51.1 Å². The van der Waals surface area contributed by atoms with Crippen molar-refractivity contribution in [2.45, 2.75) is 119 Å². The summed E-state index contributed by atoms with van der Waals surface area (Å²) in [7, 11) is 4.16. The monoisotopic (exact) mass is 788 g/mol. The van der Waals surface area contributed by atoms with E-state index in [9.17, 15) is 15.2 Å². The van der Waals surface area contributed by atoms with Crippen LogP contribution in [0.3, 0.4) is 0 Å². The number of nitrogens with zero attached hydrogens (tertiary/aromatic N) is 4. The van der Waals surface area contributed by atoms with E-state index in [4.69, 9.17) is 9.73 Å². The number of likely N-dealkylation sites (tertiary alicyclic amines) is 1. The predicted octanol–water partition coefficient (Wildman–Crippen LogP) is 11.8. The first kappa shape index (κ1) is 44.6. The van der Waals surface area contributed by atoms with Gasteiger partial charge in [-0.2, -0.15) is 5.26 Å². The van der Waals surface area contributed by atoms with E-state index in [1.807, 2.05) is 40.8 Å². The minimum Gasteiger partial charge on any atom is -0.507 e. The third kappa shape index (κ3) is 10.1. The Morgan fingerprint density at radius 1 is 1.20 bits per heavy atom. The van der Waals surface area contributed by atoms with Gasteiger partial charge in [-0.15, -0.1) is 11.3 Å². The molecule has 1 spiro atoms. The molecule has 10 heteroatoms. The van der Waals surface area contributed by atoms with Crippen LogP contribution in [0.1, 0.15) is 123 Å². The maximum absolute atomic E-state index is 17.5. The summed E-state index contributed by atoms with van der Waals surface area (Å²) in [6, 6.07) is 5.43. The van der Waals surface area contributed by atoms with Gasteiger partial charge < -0.3 is 14.7 Å². The van der Waals surface area contributed by atoms with Crippen LogP contribution >= 0.6 is 11.3 Å². The lowest BCUT2D eigenvalue weighted by Gasteiger charge is -2.36. The van der Waals surface area contributed by atoms with Crippen molar-refractivity contribution < 1.29 is 23.4 Å². The number of ketones is 1. The summed E-state index contributed by atoms with van der Waals surface area (Å²) in [5.74, 6) is -0.351. The molecule has 1 saturated carbocycles. The Morgan fingerprint density at radius 2 is 1.86 bits per heavy atom. The second kappa shape index (κ2) is 18.9. The number of carbonyl (C=O) groups excluding carboxylic acids is 1. The number of allylic oxidation sites excluding steroid dienone is 7. The summed E-state index contributed by atoms with van der Waals surface area (Å²) in [4.78, 5) is 19.9. The van der Waals surface area contributed by atoms with Crippen molar-refractivity contribution in [3.63, 3.8) is 0 Å². The lowest BCUT2D eigenvalue weighted by Crippen LogP contribution is -2.36. The molecule has 1 aliphatic heterocycles. The highest BCUT2D eigenvalue weighted by Gasteiger charge is 2.50. The average molecular weight is 789 g/mol. The molecule has 2 fully saturated rings. The van der Waals surface area contributed by atoms with Crippen LogP contribution < -0.4 is 0 Å². The van der Waals surface area contributed by atoms with Crippen LogP contribution in [-0.4, -0.2) is 65.7 Å². The normalized spacial score (nSPS) is 20.4. The molecule has 5 rings (SSSR count). The number of benzene rings is 1. The summed E-state index contributed by atoms with van der Waals surface area (Å²) >= 11 is 1.20. The van der Waals surface area contributed by atoms with Gasteiger partial charge in [-0.05, 0) is 112 Å². The van der Waals surface area contributed by atoms with Crippen molar-refractivity contribution in [2.75, 3.05) is 27.2 Å². The summed E-state index contributed by atoms with van der Waals surface area (Å²) in [5.41, 5.74) is 2.15. The number of hydrogen-bond donors (Lipinski definition) is 1. The maximum atomic E-state index is 17.5. The third-order valence-electron chi connectivity index (χ3n) is 11.3. The van der Waals surface area contributed by atoms with Gasteiger partial charge in [0.15, 0.2) is 11.6 Å². The Hall–Kier alpha value is -4.07. The molecule has 2 aromatic rings. The number of aliphatic hydroxyl groups is 1. The number of thiophene rings is 1. The number of halogens is 2. The van der Waals surface area contributed by atoms with E-state index in [0.29, 0.717) is 52.7 Å². The molecular formula is C46H62F2N4O3S. The summed E-state index contributed by atoms with van der Waals surface area (Å²) in [6.45, 7) is 22.8. The highest BCUT2D eigenvalue weighted by molar-refractivity contribution is 7.19. The molecule has 1 N–H and O–H groups in total. The van der Waals surface area contributed by atoms with Crippen LogP contribution in [0.15, 0.2) is 70.7 Å². The van der Waals surface area contributed by atoms with Crippen LogP contribution in [0.5, 0.6) is 0 Å². The lowest BCUT2D eigenvalue weighted by molar-refractivity contribution is -0.112. The number of nitriles is 1. The molecule has 7 nitrogen and oxygen atoms in total. The van der Waals surface area contributed by atoms with Crippen molar-refractivity contribution in [3.8, 4) is 6.07 Å². The van der Waals surface area contributed by atoms with Crippen LogP contribution in [-0.2, 0) is 9.53 Å². The standard InChI is InChI=1S/C42H56F2N4O2S.C4H6O/c1-11-12-35(50-22-28-20-42(17-18-42)23-47(28)9)46-39-30(27(8)48(10)33(25(4)5)16-13-24(2)3)19-34(49)37(38(39)44)29-14-15-32(43)41-36(29)31(21-45)40(51-41)26(6)7;1-3-4(2)5/h12,14-15,19,24-26,28,33,49H,11,13,16-18,20,22-23H2,1-10H3;3H,1H2,2H3/b30-27+,35-12-,46-39+;. The molecule has 1 saturated heterocycles. The first-order valence-corrected chi connectivity index (χ1v) is 20.9. The van der Waals surface area contributed by atoms with Crippen LogP contribution in [0.4, 0.5) is 8.78 Å². The summed E-state index contributed by atoms with van der Waals surface area (Å²) < 4.78 is 39.5. The van der Waals surface area contributed by atoms with E-state index in [0.717, 1.165) is 36.4 Å². The first-order valence-electron chi connectivity index (χ1n) is 20.1. The first-order chi connectivity index (χ1) is 26.4. The van der Waals surface area contributed by atoms with Crippen molar-refractivity contribution in [3.05, 3.63) is 87.5 Å². The second-order valence-electron chi connectivity index (χ2n) is 16.8. The molecule has 2 atom stereocenters. The van der Waals surface area contributed by atoms with Crippen molar-refractivity contribution in [1.82, 2.24) is 9.80 Å². The zero-order valence-electron chi connectivity index (χ0n) is 35.4. The summed E-state index contributed by atoms with van der Waals surface area (Å²) in [6.07, 6.45) is 11.0. The zero-order valence-corrected chi connectivity index (χ0v) is 36.2. The van der Waals surface area contributed by atoms with E-state index < -0.39 is 11.6 Å². The van der Waals surface area contributed by atoms with Gasteiger partial charge in [-0.1, -0.05) is 61.1 Å². The molecule has 0 amide bonds. The van der Waals surface area contributed by atoms with Gasteiger partial charge >= 0.3 is 0 Å². The topological polar surface area (TPSA) is 89.2 Å². The van der Waals surface area contributed by atoms with Gasteiger partial charge in [0.2, 0.25) is 5.88 Å². The number of aliphatic imine (C=N–C) groups is 1. The quantitative estimate of drug-likeness (QED) is 0.151. The number of hydrogen-bond acceptors (Lipinski definition) is 8. The molecule has 1 aromatic heterocycles. The van der Waals surface area contributed by atoms with E-state index in [1.54, 1.807) is 6.08 Å². The molecule has 0 bridgehead atoms. The van der Waals surface area contributed by atoms with Crippen molar-refractivity contribution >= 4 is 38.5 Å². The Morgan fingerprint density at radius 3 is 2.38 bits per heavy atom. The molecule has 2 aliphatic carbocycles. The number of fused-ring (bicyclic) bond motifs is 1. The molecular weight excluding hydrogens is 727 g/mol. The SMILES string of the molecule is C=CC(C)=O.CC/C=C(/N=C1/C(F)=C(c2ccc(F)c3sc(C(C)C)c(C#N)c23)C(O)=C/C1=C(/C)N(C)C(CCC(C)C)C(C)C)OCC1CC2(CC2)CN1C. The Balaban J connectivity index is 0.00000131. The van der Waals surface area contributed by atoms with E-state index in [2.05, 4.69) is 57.2 Å². The fourth-order valence-corrected chi connectivity index (χ4v) is 8.99. The number of carbonyl (C=O) groups is 1. The van der Waals surface area contributed by atoms with Crippen LogP contribution in [0, 0.1) is 34.4 Å². The number of aliphatic hydroxyl groups excluding tert-OH is 1. The highest BCUT2D eigenvalue weighted by atomic mass is 32.1. The Labute approximate surface area is 337 Å². The molecule has 56 heavy (non-hydrogen) atoms. The van der Waals surface area contributed by atoms with E-state index >= 15 is 8.78 Å². The minimum atomic E-state index is -0.740. The van der Waals surface area contributed by atoms with Crippen molar-refractivity contribution in [2.24, 2.45) is 22.2 Å². The van der Waals surface area contributed by atoms with Gasteiger partial charge in [0.05, 0.1) is 15.8 Å². The largest absolute Gasteiger partial charge is 0.507 e. The molecule has 2 unspecified atom stereocenters. The lowest BCUT2D eigenvalue weighted by atomic mass is 9.88. The Kier molecular flexibility index (Phi) is 15.1. The van der Waals surface area contributed by atoms with Gasteiger partial charge in [0.25, 0.3) is 0 Å². The number of likely N-dealkylation sites (N-methyl/N-ethyl adjacent to an activating group) is 1. The van der Waals surface area contributed by atoms with Crippen LogP contribution in [0.25, 0.3) is 15.7 Å². The second-order valence-corrected chi connectivity index (χ2v) is 17.9. The summed E-state index contributed by atoms with van der Waals surface area (Å²) in [5, 5.41) is 22.3. The third-order valence-corrected chi connectivity index (χ3v) is 12.8. The number of ether oxygens (including phenoxy) is 1. The fraction of sp³-hybridized carbons (Fsp3) is 0.543.